The lowest BCUT2D eigenvalue weighted by molar-refractivity contribution is 0.212. The Morgan fingerprint density at radius 3 is 2.50 bits per heavy atom. The van der Waals surface area contributed by atoms with Gasteiger partial charge in [0, 0.05) is 20.6 Å². The van der Waals surface area contributed by atoms with Crippen LogP contribution in [0.3, 0.4) is 0 Å². The average Bonchev–Trinajstić information content (AvgIpc) is 1.82. The molecule has 4 heteroatoms. The van der Waals surface area contributed by atoms with Gasteiger partial charge in [0.25, 0.3) is 0 Å². The molecular formula is C6H15N3O. The lowest BCUT2D eigenvalue weighted by Crippen LogP contribution is -2.43. The van der Waals surface area contributed by atoms with Crippen LogP contribution in [0.1, 0.15) is 13.3 Å². The molecule has 0 unspecified atom stereocenters. The van der Waals surface area contributed by atoms with E-state index in [0.717, 1.165) is 13.0 Å². The molecule has 60 valence electrons. The number of hydrogen-bond acceptors (Lipinski definition) is 2. The first kappa shape index (κ1) is 9.23. The highest BCUT2D eigenvalue weighted by Gasteiger charge is 1.96. The summed E-state index contributed by atoms with van der Waals surface area (Å²) >= 11 is 0. The van der Waals surface area contributed by atoms with Gasteiger partial charge in [-0.05, 0) is 6.42 Å². The van der Waals surface area contributed by atoms with Gasteiger partial charge in [-0.25, -0.2) is 9.80 Å². The number of hydrogen-bond donors (Lipinski definition) is 2. The number of urea groups is 1. The van der Waals surface area contributed by atoms with E-state index < -0.39 is 0 Å². The Morgan fingerprint density at radius 1 is 1.50 bits per heavy atom. The van der Waals surface area contributed by atoms with Gasteiger partial charge in [-0.15, -0.1) is 0 Å². The minimum Gasteiger partial charge on any atom is -0.337 e. The molecule has 0 fully saturated rings. The standard InChI is InChI=1S/C6H15N3O/c1-4-5-7-6(10)8-9(2)3/h4-5H2,1-3H3,(H2,7,8,10). The van der Waals surface area contributed by atoms with Gasteiger partial charge in [0.15, 0.2) is 0 Å². The highest BCUT2D eigenvalue weighted by atomic mass is 16.2. The monoisotopic (exact) mass is 145 g/mol. The topological polar surface area (TPSA) is 44.4 Å². The molecule has 0 radical (unpaired) electrons. The van der Waals surface area contributed by atoms with Crippen molar-refractivity contribution in [1.29, 1.82) is 0 Å². The van der Waals surface area contributed by atoms with E-state index in [1.807, 2.05) is 6.92 Å². The third-order valence-corrected chi connectivity index (χ3v) is 0.861. The maximum atomic E-state index is 10.7. The SMILES string of the molecule is CCCNC(=O)NN(C)C. The van der Waals surface area contributed by atoms with Crippen LogP contribution in [0.4, 0.5) is 4.79 Å². The summed E-state index contributed by atoms with van der Waals surface area (Å²) in [6, 6.07) is -0.146. The summed E-state index contributed by atoms with van der Waals surface area (Å²) in [4.78, 5) is 10.7. The molecule has 0 rings (SSSR count). The van der Waals surface area contributed by atoms with E-state index in [1.54, 1.807) is 19.1 Å². The minimum absolute atomic E-state index is 0.146. The second-order valence-electron chi connectivity index (χ2n) is 2.26. The van der Waals surface area contributed by atoms with E-state index in [9.17, 15) is 4.79 Å². The molecule has 0 aromatic heterocycles. The van der Waals surface area contributed by atoms with Gasteiger partial charge in [0.05, 0.1) is 0 Å². The van der Waals surface area contributed by atoms with Gasteiger partial charge in [-0.3, -0.25) is 5.43 Å². The molecule has 0 bridgehead atoms. The third kappa shape index (κ3) is 5.37. The van der Waals surface area contributed by atoms with Crippen molar-refractivity contribution in [3.05, 3.63) is 0 Å². The first-order valence-electron chi connectivity index (χ1n) is 3.38. The smallest absolute Gasteiger partial charge is 0.329 e. The van der Waals surface area contributed by atoms with Gasteiger partial charge < -0.3 is 5.32 Å². The van der Waals surface area contributed by atoms with Crippen molar-refractivity contribution in [3.8, 4) is 0 Å². The molecule has 0 aliphatic heterocycles. The van der Waals surface area contributed by atoms with Crippen LogP contribution in [0, 0.1) is 0 Å². The van der Waals surface area contributed by atoms with Crippen LogP contribution in [-0.4, -0.2) is 31.7 Å². The molecule has 0 spiro atoms. The summed E-state index contributed by atoms with van der Waals surface area (Å²) in [7, 11) is 3.54. The van der Waals surface area contributed by atoms with Crippen LogP contribution in [0.15, 0.2) is 0 Å². The summed E-state index contributed by atoms with van der Waals surface area (Å²) in [6.45, 7) is 2.73. The van der Waals surface area contributed by atoms with Crippen LogP contribution < -0.4 is 10.7 Å². The molecule has 0 aromatic carbocycles. The Morgan fingerprint density at radius 2 is 2.10 bits per heavy atom. The van der Waals surface area contributed by atoms with E-state index in [1.165, 1.54) is 0 Å². The Kier molecular flexibility index (Phi) is 4.66. The number of carbonyl (C=O) groups excluding carboxylic acids is 1. The molecule has 2 N–H and O–H groups in total. The summed E-state index contributed by atoms with van der Waals surface area (Å²) in [6.07, 6.45) is 0.959. The molecule has 0 atom stereocenters. The fraction of sp³-hybridized carbons (Fsp3) is 0.833. The predicted molar refractivity (Wildman–Crippen MR) is 40.5 cm³/mol. The minimum atomic E-state index is -0.146. The molecule has 2 amide bonds. The van der Waals surface area contributed by atoms with E-state index in [2.05, 4.69) is 10.7 Å². The Balaban J connectivity index is 3.26. The summed E-state index contributed by atoms with van der Waals surface area (Å²) in [5.74, 6) is 0. The molecule has 0 heterocycles. The fourth-order valence-corrected chi connectivity index (χ4v) is 0.481. The number of rotatable bonds is 3. The Labute approximate surface area is 61.6 Å². The normalized spacial score (nSPS) is 9.60. The van der Waals surface area contributed by atoms with Crippen molar-refractivity contribution in [3.63, 3.8) is 0 Å². The summed E-state index contributed by atoms with van der Waals surface area (Å²) in [5, 5.41) is 4.27. The van der Waals surface area contributed by atoms with Crippen LogP contribution in [0.25, 0.3) is 0 Å². The van der Waals surface area contributed by atoms with Crippen LogP contribution >= 0.6 is 0 Å². The summed E-state index contributed by atoms with van der Waals surface area (Å²) < 4.78 is 0. The third-order valence-electron chi connectivity index (χ3n) is 0.861. The zero-order valence-corrected chi connectivity index (χ0v) is 6.77. The zero-order chi connectivity index (χ0) is 7.98. The van der Waals surface area contributed by atoms with E-state index in [0.29, 0.717) is 0 Å². The molecular weight excluding hydrogens is 130 g/mol. The Bertz CT molecular complexity index is 103. The molecule has 0 aliphatic rings. The lowest BCUT2D eigenvalue weighted by Gasteiger charge is -2.11. The van der Waals surface area contributed by atoms with Gasteiger partial charge in [-0.2, -0.15) is 0 Å². The number of nitrogens with one attached hydrogen (secondary N) is 2. The highest BCUT2D eigenvalue weighted by Crippen LogP contribution is 1.71. The molecule has 0 aromatic rings. The number of amides is 2. The van der Waals surface area contributed by atoms with Crippen molar-refractivity contribution in [2.24, 2.45) is 0 Å². The van der Waals surface area contributed by atoms with Gasteiger partial charge in [-0.1, -0.05) is 6.92 Å². The van der Waals surface area contributed by atoms with Gasteiger partial charge in [0.2, 0.25) is 0 Å². The quantitative estimate of drug-likeness (QED) is 0.556. The van der Waals surface area contributed by atoms with Crippen LogP contribution in [0.2, 0.25) is 0 Å². The van der Waals surface area contributed by atoms with Gasteiger partial charge in [0.1, 0.15) is 0 Å². The zero-order valence-electron chi connectivity index (χ0n) is 6.77. The molecule has 10 heavy (non-hydrogen) atoms. The average molecular weight is 145 g/mol. The maximum absolute atomic E-state index is 10.7. The second kappa shape index (κ2) is 5.05. The van der Waals surface area contributed by atoms with Crippen molar-refractivity contribution in [2.45, 2.75) is 13.3 Å². The maximum Gasteiger partial charge on any atom is 0.329 e. The van der Waals surface area contributed by atoms with Crippen molar-refractivity contribution >= 4 is 6.03 Å². The van der Waals surface area contributed by atoms with Crippen molar-refractivity contribution in [2.75, 3.05) is 20.6 Å². The van der Waals surface area contributed by atoms with E-state index in [-0.39, 0.29) is 6.03 Å². The first-order valence-corrected chi connectivity index (χ1v) is 3.38. The molecule has 4 nitrogen and oxygen atoms in total. The lowest BCUT2D eigenvalue weighted by atomic mass is 10.5. The van der Waals surface area contributed by atoms with Crippen molar-refractivity contribution in [1.82, 2.24) is 15.8 Å². The number of carbonyl (C=O) groups is 1. The Hall–Kier alpha value is -0.770. The van der Waals surface area contributed by atoms with Crippen molar-refractivity contribution < 1.29 is 4.79 Å². The predicted octanol–water partition coefficient (Wildman–Crippen LogP) is 0.172. The molecule has 0 aliphatic carbocycles. The van der Waals surface area contributed by atoms with Crippen LogP contribution in [-0.2, 0) is 0 Å². The largest absolute Gasteiger partial charge is 0.337 e. The fourth-order valence-electron chi connectivity index (χ4n) is 0.481. The summed E-state index contributed by atoms with van der Waals surface area (Å²) in [5.41, 5.74) is 2.56. The van der Waals surface area contributed by atoms with Gasteiger partial charge >= 0.3 is 6.03 Å². The molecule has 0 saturated carbocycles. The molecule has 0 saturated heterocycles. The number of hydrazine groups is 1. The van der Waals surface area contributed by atoms with E-state index in [4.69, 9.17) is 0 Å². The van der Waals surface area contributed by atoms with Crippen LogP contribution in [0.5, 0.6) is 0 Å². The van der Waals surface area contributed by atoms with E-state index >= 15 is 0 Å². The first-order chi connectivity index (χ1) is 4.66. The highest BCUT2D eigenvalue weighted by molar-refractivity contribution is 5.73. The second-order valence-corrected chi connectivity index (χ2v) is 2.26. The number of nitrogens with zero attached hydrogens (tertiary/aromatic N) is 1.